The molecule has 0 radical (unpaired) electrons. The number of benzene rings is 1. The summed E-state index contributed by atoms with van der Waals surface area (Å²) < 4.78 is 9.88. The van der Waals surface area contributed by atoms with Crippen molar-refractivity contribution in [3.05, 3.63) is 42.0 Å². The van der Waals surface area contributed by atoms with Gasteiger partial charge in [0.05, 0.1) is 13.2 Å². The van der Waals surface area contributed by atoms with Crippen LogP contribution in [0.2, 0.25) is 0 Å². The molecule has 19 heavy (non-hydrogen) atoms. The summed E-state index contributed by atoms with van der Waals surface area (Å²) in [6.45, 7) is 3.46. The highest BCUT2D eigenvalue weighted by Gasteiger charge is 2.00. The number of esters is 1. The Morgan fingerprint density at radius 2 is 2.16 bits per heavy atom. The molecule has 104 valence electrons. The first kappa shape index (κ1) is 15.2. The quantitative estimate of drug-likeness (QED) is 0.578. The minimum Gasteiger partial charge on any atom is -0.463 e. The maximum Gasteiger partial charge on any atom is 0.330 e. The number of hydrogen-bond acceptors (Lipinski definition) is 4. The van der Waals surface area contributed by atoms with Crippen molar-refractivity contribution >= 4 is 11.7 Å². The number of anilines is 1. The van der Waals surface area contributed by atoms with Crippen LogP contribution in [0.4, 0.5) is 5.69 Å². The molecule has 1 aromatic rings. The molecule has 0 aliphatic rings. The first-order chi connectivity index (χ1) is 9.27. The van der Waals surface area contributed by atoms with Gasteiger partial charge in [-0.15, -0.1) is 0 Å². The van der Waals surface area contributed by atoms with E-state index in [0.29, 0.717) is 19.8 Å². The van der Waals surface area contributed by atoms with E-state index in [-0.39, 0.29) is 5.97 Å². The molecule has 0 aliphatic heterocycles. The molecule has 0 unspecified atom stereocenters. The molecule has 0 heterocycles. The largest absolute Gasteiger partial charge is 0.463 e. The summed E-state index contributed by atoms with van der Waals surface area (Å²) in [5.74, 6) is -0.308. The molecule has 0 aliphatic carbocycles. The van der Waals surface area contributed by atoms with Crippen molar-refractivity contribution < 1.29 is 14.3 Å². The van der Waals surface area contributed by atoms with Gasteiger partial charge in [-0.3, -0.25) is 0 Å². The van der Waals surface area contributed by atoms with Gasteiger partial charge in [0.2, 0.25) is 0 Å². The fourth-order valence-electron chi connectivity index (χ4n) is 1.64. The van der Waals surface area contributed by atoms with E-state index in [9.17, 15) is 4.79 Å². The van der Waals surface area contributed by atoms with E-state index < -0.39 is 0 Å². The predicted octanol–water partition coefficient (Wildman–Crippen LogP) is 2.41. The fraction of sp³-hybridized carbons (Fsp3) is 0.400. The molecule has 4 heteroatoms. The monoisotopic (exact) mass is 263 g/mol. The van der Waals surface area contributed by atoms with E-state index >= 15 is 0 Å². The number of hydrogen-bond donors (Lipinski definition) is 1. The number of nitrogens with one attached hydrogen (secondary N) is 1. The lowest BCUT2D eigenvalue weighted by Crippen LogP contribution is -2.05. The van der Waals surface area contributed by atoms with E-state index in [1.54, 1.807) is 20.1 Å². The van der Waals surface area contributed by atoms with Gasteiger partial charge in [0.15, 0.2) is 0 Å². The van der Waals surface area contributed by atoms with Crippen LogP contribution in [-0.2, 0) is 20.7 Å². The Labute approximate surface area is 114 Å². The summed E-state index contributed by atoms with van der Waals surface area (Å²) in [7, 11) is 1.69. The van der Waals surface area contributed by atoms with E-state index in [1.807, 2.05) is 18.2 Å². The van der Waals surface area contributed by atoms with Crippen molar-refractivity contribution in [3.8, 4) is 0 Å². The maximum atomic E-state index is 11.1. The average molecular weight is 263 g/mol. The second-order valence-corrected chi connectivity index (χ2v) is 3.94. The van der Waals surface area contributed by atoms with Crippen molar-refractivity contribution in [3.63, 3.8) is 0 Å². The average Bonchev–Trinajstić information content (AvgIpc) is 2.42. The van der Waals surface area contributed by atoms with Gasteiger partial charge in [-0.1, -0.05) is 24.3 Å². The molecule has 0 saturated heterocycles. The predicted molar refractivity (Wildman–Crippen MR) is 76.3 cm³/mol. The topological polar surface area (TPSA) is 47.6 Å². The van der Waals surface area contributed by atoms with Gasteiger partial charge >= 0.3 is 5.97 Å². The number of carbonyl (C=O) groups is 1. The number of para-hydroxylation sites is 1. The molecule has 0 bridgehead atoms. The third-order valence-electron chi connectivity index (χ3n) is 2.54. The van der Waals surface area contributed by atoms with Crippen molar-refractivity contribution in [2.75, 3.05) is 32.2 Å². The van der Waals surface area contributed by atoms with Crippen LogP contribution in [-0.4, -0.2) is 32.8 Å². The Morgan fingerprint density at radius 1 is 1.37 bits per heavy atom. The standard InChI is InChI=1S/C15H21NO3/c1-3-19-15(17)9-6-11-16-14-8-5-4-7-13(14)10-12-18-2/h4-9,16H,3,10-12H2,1-2H3/b9-6+. The van der Waals surface area contributed by atoms with Crippen molar-refractivity contribution in [1.29, 1.82) is 0 Å². The molecule has 0 aromatic heterocycles. The highest BCUT2D eigenvalue weighted by Crippen LogP contribution is 2.15. The highest BCUT2D eigenvalue weighted by molar-refractivity contribution is 5.81. The maximum absolute atomic E-state index is 11.1. The zero-order chi connectivity index (χ0) is 13.9. The summed E-state index contributed by atoms with van der Waals surface area (Å²) in [5.41, 5.74) is 2.27. The summed E-state index contributed by atoms with van der Waals surface area (Å²) in [5, 5.41) is 3.27. The van der Waals surface area contributed by atoms with Crippen LogP contribution in [0.25, 0.3) is 0 Å². The van der Waals surface area contributed by atoms with Gasteiger partial charge in [0, 0.05) is 25.4 Å². The first-order valence-electron chi connectivity index (χ1n) is 6.42. The Hall–Kier alpha value is -1.81. The molecule has 1 rings (SSSR count). The van der Waals surface area contributed by atoms with Gasteiger partial charge in [0.1, 0.15) is 0 Å². The van der Waals surface area contributed by atoms with Crippen LogP contribution < -0.4 is 5.32 Å². The van der Waals surface area contributed by atoms with E-state index in [0.717, 1.165) is 12.1 Å². The van der Waals surface area contributed by atoms with Gasteiger partial charge in [-0.05, 0) is 25.0 Å². The zero-order valence-corrected chi connectivity index (χ0v) is 11.5. The SMILES string of the molecule is CCOC(=O)/C=C/CNc1ccccc1CCOC. The number of rotatable bonds is 8. The van der Waals surface area contributed by atoms with Crippen molar-refractivity contribution in [1.82, 2.24) is 0 Å². The molecule has 0 amide bonds. The second kappa shape index (κ2) is 9.16. The van der Waals surface area contributed by atoms with E-state index in [1.165, 1.54) is 11.6 Å². The minimum atomic E-state index is -0.308. The molecular formula is C15H21NO3. The third-order valence-corrected chi connectivity index (χ3v) is 2.54. The van der Waals surface area contributed by atoms with Crippen LogP contribution in [0.15, 0.2) is 36.4 Å². The van der Waals surface area contributed by atoms with Crippen LogP contribution in [0.3, 0.4) is 0 Å². The van der Waals surface area contributed by atoms with Crippen LogP contribution in [0, 0.1) is 0 Å². The highest BCUT2D eigenvalue weighted by atomic mass is 16.5. The Kier molecular flexibility index (Phi) is 7.35. The molecule has 0 atom stereocenters. The minimum absolute atomic E-state index is 0.308. The summed E-state index contributed by atoms with van der Waals surface area (Å²) in [4.78, 5) is 11.1. The second-order valence-electron chi connectivity index (χ2n) is 3.94. The smallest absolute Gasteiger partial charge is 0.330 e. The van der Waals surface area contributed by atoms with Crippen LogP contribution in [0.1, 0.15) is 12.5 Å². The number of carbonyl (C=O) groups excluding carboxylic acids is 1. The van der Waals surface area contributed by atoms with E-state index in [2.05, 4.69) is 11.4 Å². The number of methoxy groups -OCH3 is 1. The summed E-state index contributed by atoms with van der Waals surface area (Å²) in [6, 6.07) is 8.07. The molecule has 1 aromatic carbocycles. The van der Waals surface area contributed by atoms with Crippen molar-refractivity contribution in [2.24, 2.45) is 0 Å². The van der Waals surface area contributed by atoms with E-state index in [4.69, 9.17) is 9.47 Å². The van der Waals surface area contributed by atoms with Gasteiger partial charge in [-0.25, -0.2) is 4.79 Å². The molecule has 4 nitrogen and oxygen atoms in total. The normalized spacial score (nSPS) is 10.6. The molecule has 0 saturated carbocycles. The summed E-state index contributed by atoms with van der Waals surface area (Å²) in [6.07, 6.45) is 4.06. The molecule has 1 N–H and O–H groups in total. The Balaban J connectivity index is 2.46. The van der Waals surface area contributed by atoms with Gasteiger partial charge in [-0.2, -0.15) is 0 Å². The third kappa shape index (κ3) is 6.06. The lowest BCUT2D eigenvalue weighted by atomic mass is 10.1. The van der Waals surface area contributed by atoms with Gasteiger partial charge < -0.3 is 14.8 Å². The lowest BCUT2D eigenvalue weighted by Gasteiger charge is -2.10. The lowest BCUT2D eigenvalue weighted by molar-refractivity contribution is -0.137. The van der Waals surface area contributed by atoms with Crippen LogP contribution >= 0.6 is 0 Å². The van der Waals surface area contributed by atoms with Crippen LogP contribution in [0.5, 0.6) is 0 Å². The first-order valence-corrected chi connectivity index (χ1v) is 6.42. The molecule has 0 spiro atoms. The van der Waals surface area contributed by atoms with Crippen molar-refractivity contribution in [2.45, 2.75) is 13.3 Å². The van der Waals surface area contributed by atoms with Gasteiger partial charge in [0.25, 0.3) is 0 Å². The Morgan fingerprint density at radius 3 is 2.89 bits per heavy atom. The fourth-order valence-corrected chi connectivity index (χ4v) is 1.64. The Bertz CT molecular complexity index is 416. The zero-order valence-electron chi connectivity index (χ0n) is 11.5. The molecular weight excluding hydrogens is 242 g/mol. The summed E-state index contributed by atoms with van der Waals surface area (Å²) >= 11 is 0. The molecule has 0 fully saturated rings. The number of ether oxygens (including phenoxy) is 2.